The molecule has 0 aliphatic carbocycles. The predicted octanol–water partition coefficient (Wildman–Crippen LogP) is 3.46. The lowest BCUT2D eigenvalue weighted by molar-refractivity contribution is 0.112. The van der Waals surface area contributed by atoms with Crippen molar-refractivity contribution in [1.82, 2.24) is 0 Å². The molecular weight excluding hydrogens is 302 g/mol. The maximum atomic E-state index is 12.9. The second kappa shape index (κ2) is 3.34. The average molecular weight is 306 g/mol. The van der Waals surface area contributed by atoms with Gasteiger partial charge in [-0.25, -0.2) is 4.39 Å². The van der Waals surface area contributed by atoms with Crippen LogP contribution in [0.25, 0.3) is 10.1 Å². The van der Waals surface area contributed by atoms with Gasteiger partial charge in [0.2, 0.25) is 0 Å². The van der Waals surface area contributed by atoms with Crippen molar-refractivity contribution in [2.75, 3.05) is 0 Å². The number of hydrogen-bond donors (Lipinski definition) is 0. The SMILES string of the molecule is O=Cc1cc2cc(F)cc(I)c2s1. The minimum Gasteiger partial charge on any atom is -0.297 e. The van der Waals surface area contributed by atoms with Gasteiger partial charge in [-0.1, -0.05) is 0 Å². The molecular formula is C9H4FIOS. The van der Waals surface area contributed by atoms with Crippen molar-refractivity contribution in [3.63, 3.8) is 0 Å². The number of aldehydes is 1. The summed E-state index contributed by atoms with van der Waals surface area (Å²) in [6.45, 7) is 0. The van der Waals surface area contributed by atoms with Gasteiger partial charge in [-0.2, -0.15) is 0 Å². The van der Waals surface area contributed by atoms with E-state index in [-0.39, 0.29) is 5.82 Å². The Hall–Kier alpha value is -0.490. The second-order valence-corrected chi connectivity index (χ2v) is 4.82. The molecule has 0 radical (unpaired) electrons. The molecule has 4 heteroatoms. The summed E-state index contributed by atoms with van der Waals surface area (Å²) in [4.78, 5) is 11.1. The largest absolute Gasteiger partial charge is 0.297 e. The molecule has 0 unspecified atom stereocenters. The van der Waals surface area contributed by atoms with Gasteiger partial charge in [0.05, 0.1) is 4.88 Å². The molecule has 2 rings (SSSR count). The van der Waals surface area contributed by atoms with E-state index in [4.69, 9.17) is 0 Å². The van der Waals surface area contributed by atoms with Gasteiger partial charge in [0, 0.05) is 8.27 Å². The summed E-state index contributed by atoms with van der Waals surface area (Å²) in [5.41, 5.74) is 0. The highest BCUT2D eigenvalue weighted by Crippen LogP contribution is 2.29. The van der Waals surface area contributed by atoms with Gasteiger partial charge in [-0.3, -0.25) is 4.79 Å². The molecule has 0 atom stereocenters. The standard InChI is InChI=1S/C9H4FIOS/c10-6-1-5-2-7(4-12)13-9(5)8(11)3-6/h1-4H. The van der Waals surface area contributed by atoms with Gasteiger partial charge >= 0.3 is 0 Å². The van der Waals surface area contributed by atoms with Crippen LogP contribution in [-0.2, 0) is 0 Å². The Morgan fingerprint density at radius 3 is 2.85 bits per heavy atom. The lowest BCUT2D eigenvalue weighted by Crippen LogP contribution is -1.75. The lowest BCUT2D eigenvalue weighted by atomic mass is 10.2. The minimum atomic E-state index is -0.257. The van der Waals surface area contributed by atoms with E-state index in [0.717, 1.165) is 19.9 Å². The van der Waals surface area contributed by atoms with Crippen molar-refractivity contribution in [3.8, 4) is 0 Å². The molecule has 0 bridgehead atoms. The van der Waals surface area contributed by atoms with E-state index in [9.17, 15) is 9.18 Å². The van der Waals surface area contributed by atoms with Gasteiger partial charge in [0.1, 0.15) is 5.82 Å². The van der Waals surface area contributed by atoms with Crippen molar-refractivity contribution < 1.29 is 9.18 Å². The lowest BCUT2D eigenvalue weighted by Gasteiger charge is -1.93. The van der Waals surface area contributed by atoms with Gasteiger partial charge in [0.15, 0.2) is 6.29 Å². The van der Waals surface area contributed by atoms with Crippen LogP contribution in [0.4, 0.5) is 4.39 Å². The number of hydrogen-bond acceptors (Lipinski definition) is 2. The topological polar surface area (TPSA) is 17.1 Å². The molecule has 1 aromatic heterocycles. The van der Waals surface area contributed by atoms with E-state index >= 15 is 0 Å². The quantitative estimate of drug-likeness (QED) is 0.582. The molecule has 13 heavy (non-hydrogen) atoms. The smallest absolute Gasteiger partial charge is 0.160 e. The van der Waals surface area contributed by atoms with Crippen LogP contribution < -0.4 is 0 Å². The van der Waals surface area contributed by atoms with Gasteiger partial charge in [-0.05, 0) is 46.2 Å². The number of thiophene rings is 1. The van der Waals surface area contributed by atoms with Crippen molar-refractivity contribution in [2.45, 2.75) is 0 Å². The zero-order chi connectivity index (χ0) is 9.42. The summed E-state index contributed by atoms with van der Waals surface area (Å²) in [5, 5.41) is 0.802. The fraction of sp³-hybridized carbons (Fsp3) is 0. The highest BCUT2D eigenvalue weighted by atomic mass is 127. The summed E-state index contributed by atoms with van der Waals surface area (Å²) in [6.07, 6.45) is 0.790. The number of carbonyl (C=O) groups excluding carboxylic acids is 1. The van der Waals surface area contributed by atoms with Crippen molar-refractivity contribution in [3.05, 3.63) is 32.5 Å². The number of halogens is 2. The molecule has 0 amide bonds. The third-order valence-corrected chi connectivity index (χ3v) is 4.00. The number of rotatable bonds is 1. The van der Waals surface area contributed by atoms with Crippen LogP contribution in [0.5, 0.6) is 0 Å². The van der Waals surface area contributed by atoms with Crippen LogP contribution in [0.15, 0.2) is 18.2 Å². The Morgan fingerprint density at radius 1 is 1.38 bits per heavy atom. The second-order valence-electron chi connectivity index (χ2n) is 2.57. The monoisotopic (exact) mass is 306 g/mol. The highest BCUT2D eigenvalue weighted by molar-refractivity contribution is 14.1. The van der Waals surface area contributed by atoms with E-state index < -0.39 is 0 Å². The molecule has 1 aromatic carbocycles. The molecule has 0 fully saturated rings. The fourth-order valence-corrected chi connectivity index (χ4v) is 2.95. The van der Waals surface area contributed by atoms with E-state index in [1.165, 1.54) is 23.5 Å². The normalized spacial score (nSPS) is 10.6. The molecule has 1 heterocycles. The van der Waals surface area contributed by atoms with Crippen molar-refractivity contribution in [2.24, 2.45) is 0 Å². The Bertz CT molecular complexity index is 478. The third-order valence-electron chi connectivity index (χ3n) is 1.67. The van der Waals surface area contributed by atoms with Crippen LogP contribution in [0.3, 0.4) is 0 Å². The molecule has 1 nitrogen and oxygen atoms in total. The third kappa shape index (κ3) is 1.60. The van der Waals surface area contributed by atoms with Crippen LogP contribution in [0.1, 0.15) is 9.67 Å². The Kier molecular flexibility index (Phi) is 2.33. The summed E-state index contributed by atoms with van der Waals surface area (Å²) >= 11 is 3.46. The average Bonchev–Trinajstić information content (AvgIpc) is 2.47. The van der Waals surface area contributed by atoms with Gasteiger partial charge in [-0.15, -0.1) is 11.3 Å². The molecule has 0 N–H and O–H groups in total. The highest BCUT2D eigenvalue weighted by Gasteiger charge is 2.06. The Labute approximate surface area is 91.7 Å². The molecule has 0 aliphatic heterocycles. The van der Waals surface area contributed by atoms with E-state index in [1.807, 2.05) is 0 Å². The summed E-state index contributed by atoms with van der Waals surface area (Å²) in [7, 11) is 0. The molecule has 66 valence electrons. The number of carbonyl (C=O) groups is 1. The molecule has 0 saturated heterocycles. The number of benzene rings is 1. The zero-order valence-corrected chi connectivity index (χ0v) is 9.36. The Balaban J connectivity index is 2.82. The fourth-order valence-electron chi connectivity index (χ4n) is 1.15. The maximum Gasteiger partial charge on any atom is 0.160 e. The van der Waals surface area contributed by atoms with Gasteiger partial charge in [0.25, 0.3) is 0 Å². The number of fused-ring (bicyclic) bond motifs is 1. The van der Waals surface area contributed by atoms with E-state index in [1.54, 1.807) is 6.07 Å². The van der Waals surface area contributed by atoms with Crippen LogP contribution >= 0.6 is 33.9 Å². The van der Waals surface area contributed by atoms with E-state index in [2.05, 4.69) is 22.6 Å². The maximum absolute atomic E-state index is 12.9. The van der Waals surface area contributed by atoms with Crippen molar-refractivity contribution >= 4 is 50.3 Å². The minimum absolute atomic E-state index is 0.257. The van der Waals surface area contributed by atoms with Crippen LogP contribution in [-0.4, -0.2) is 6.29 Å². The predicted molar refractivity (Wildman–Crippen MR) is 59.9 cm³/mol. The summed E-state index contributed by atoms with van der Waals surface area (Å²) in [6, 6.07) is 4.62. The molecule has 0 saturated carbocycles. The first-order chi connectivity index (χ1) is 6.20. The van der Waals surface area contributed by atoms with Crippen LogP contribution in [0, 0.1) is 9.39 Å². The molecule has 2 aromatic rings. The summed E-state index contributed by atoms with van der Waals surface area (Å²) in [5.74, 6) is -0.257. The molecule has 0 aliphatic rings. The first kappa shape index (κ1) is 9.08. The molecule has 0 spiro atoms. The summed E-state index contributed by atoms with van der Waals surface area (Å²) < 4.78 is 14.8. The Morgan fingerprint density at radius 2 is 2.15 bits per heavy atom. The van der Waals surface area contributed by atoms with Crippen LogP contribution in [0.2, 0.25) is 0 Å². The first-order valence-corrected chi connectivity index (χ1v) is 5.44. The van der Waals surface area contributed by atoms with Crippen molar-refractivity contribution in [1.29, 1.82) is 0 Å². The first-order valence-electron chi connectivity index (χ1n) is 3.54. The van der Waals surface area contributed by atoms with E-state index in [0.29, 0.717) is 4.88 Å². The zero-order valence-electron chi connectivity index (χ0n) is 6.38. The van der Waals surface area contributed by atoms with Gasteiger partial charge < -0.3 is 0 Å².